The van der Waals surface area contributed by atoms with Gasteiger partial charge >= 0.3 is 61.4 Å². The van der Waals surface area contributed by atoms with Gasteiger partial charge in [0, 0.05) is 0 Å². The van der Waals surface area contributed by atoms with Crippen LogP contribution < -0.4 is 24.0 Å². The molecule has 58 valence electrons. The van der Waals surface area contributed by atoms with Gasteiger partial charge in [0.25, 0.3) is 0 Å². The molecule has 0 fully saturated rings. The van der Waals surface area contributed by atoms with E-state index in [1.165, 1.54) is 17.9 Å². The molecular formula is C8H18Li2O. The molecule has 0 aliphatic carbocycles. The van der Waals surface area contributed by atoms with Crippen molar-refractivity contribution in [1.29, 1.82) is 0 Å². The Kier molecular flexibility index (Phi) is 18.3. The molecule has 11 heavy (non-hydrogen) atoms. The van der Waals surface area contributed by atoms with Gasteiger partial charge < -0.3 is 5.11 Å². The van der Waals surface area contributed by atoms with Gasteiger partial charge in [0.15, 0.2) is 0 Å². The average Bonchev–Trinajstić information content (AvgIpc) is 1.63. The van der Waals surface area contributed by atoms with E-state index in [1.807, 2.05) is 0 Å². The van der Waals surface area contributed by atoms with E-state index in [-0.39, 0.29) is 18.9 Å². The van der Waals surface area contributed by atoms with Gasteiger partial charge in [-0.2, -0.15) is 0 Å². The monoisotopic (exact) mass is 144 g/mol. The van der Waals surface area contributed by atoms with Crippen molar-refractivity contribution in [2.24, 2.45) is 0 Å². The summed E-state index contributed by atoms with van der Waals surface area (Å²) in [6.45, 7) is 7.11. The first-order valence-electron chi connectivity index (χ1n) is 4.12. The third-order valence-electron chi connectivity index (χ3n) is 0.707. The molecule has 0 aromatic heterocycles. The van der Waals surface area contributed by atoms with Crippen LogP contribution in [0.2, 0.25) is 5.09 Å². The Bertz CT molecular complexity index is 51.6. The quantitative estimate of drug-likeness (QED) is 0.433. The third kappa shape index (κ3) is 93.9. The van der Waals surface area contributed by atoms with Crippen LogP contribution in [0.15, 0.2) is 0 Å². The first-order valence-corrected chi connectivity index (χ1v) is 4.12. The van der Waals surface area contributed by atoms with Gasteiger partial charge in [0.05, 0.1) is 0 Å². The molecule has 0 saturated carbocycles. The molecule has 0 saturated heterocycles. The van der Waals surface area contributed by atoms with Gasteiger partial charge in [-0.1, -0.05) is 20.8 Å². The molecule has 0 rings (SSSR count). The molecule has 0 amide bonds. The normalized spacial score (nSPS) is 9.36. The van der Waals surface area contributed by atoms with Crippen molar-refractivity contribution >= 4 is 17.7 Å². The van der Waals surface area contributed by atoms with Crippen LogP contribution in [-0.4, -0.2) is 23.3 Å². The number of rotatable bonds is 2. The van der Waals surface area contributed by atoms with E-state index in [0.29, 0.717) is 0 Å². The average molecular weight is 144 g/mol. The van der Waals surface area contributed by atoms with Crippen LogP contribution in [-0.2, 0) is 0 Å². The molecular weight excluding hydrogens is 126 g/mol. The number of unbranched alkanes of at least 4 members (excludes halogenated alkanes) is 1. The number of hydrogen-bond donors (Lipinski definition) is 0. The van der Waals surface area contributed by atoms with E-state index >= 15 is 0 Å². The Morgan fingerprint density at radius 2 is 1.55 bits per heavy atom. The van der Waals surface area contributed by atoms with Gasteiger partial charge in [0.2, 0.25) is 0 Å². The maximum absolute atomic E-state index is 10.1. The summed E-state index contributed by atoms with van der Waals surface area (Å²) in [7, 11) is 0. The summed E-state index contributed by atoms with van der Waals surface area (Å²) in [5.41, 5.74) is -0.750. The molecule has 0 bridgehead atoms. The minimum absolute atomic E-state index is 0. The first-order chi connectivity index (χ1) is 4.41. The molecule has 0 atom stereocenters. The maximum atomic E-state index is 10.1. The molecule has 3 heteroatoms. The second-order valence-corrected chi connectivity index (χ2v) is 3.47. The number of hydrogen-bond acceptors (Lipinski definition) is 1. The van der Waals surface area contributed by atoms with E-state index in [2.05, 4.69) is 24.6 Å². The standard InChI is InChI=1S/C4H9O.C4H9.2Li/c1-4(2,3)5;1-3-4-2;;/h1-3H3;1,3-4H2,2H3;;/q-1;;;+1. The molecule has 1 nitrogen and oxygen atoms in total. The van der Waals surface area contributed by atoms with Crippen LogP contribution in [0.3, 0.4) is 0 Å². The van der Waals surface area contributed by atoms with Crippen molar-refractivity contribution in [3.8, 4) is 0 Å². The second-order valence-electron chi connectivity index (χ2n) is 3.47. The predicted molar refractivity (Wildman–Crippen MR) is 45.2 cm³/mol. The van der Waals surface area contributed by atoms with Gasteiger partial charge in [-0.15, -0.1) is 5.60 Å². The Hall–Kier alpha value is 1.15. The van der Waals surface area contributed by atoms with Gasteiger partial charge in [-0.3, -0.25) is 0 Å². The third-order valence-corrected chi connectivity index (χ3v) is 0.707. The SMILES string of the molecule is CC(C)(C)[O-].[Li+].[Li][CH2]CCC. The topological polar surface area (TPSA) is 23.1 Å². The Labute approximate surface area is 92.7 Å². The summed E-state index contributed by atoms with van der Waals surface area (Å²) >= 11 is 2.21. The van der Waals surface area contributed by atoms with Crippen molar-refractivity contribution in [3.63, 3.8) is 0 Å². The van der Waals surface area contributed by atoms with Gasteiger partial charge in [-0.05, 0) is 0 Å². The van der Waals surface area contributed by atoms with Crippen molar-refractivity contribution in [3.05, 3.63) is 0 Å². The van der Waals surface area contributed by atoms with Crippen LogP contribution >= 0.6 is 0 Å². The van der Waals surface area contributed by atoms with Crippen molar-refractivity contribution in [2.75, 3.05) is 0 Å². The van der Waals surface area contributed by atoms with E-state index in [1.54, 1.807) is 20.8 Å². The van der Waals surface area contributed by atoms with Crippen LogP contribution in [0.1, 0.15) is 40.5 Å². The molecule has 0 aromatic rings. The fourth-order valence-corrected chi connectivity index (χ4v) is 0.354. The molecule has 0 radical (unpaired) electrons. The Morgan fingerprint density at radius 1 is 1.27 bits per heavy atom. The van der Waals surface area contributed by atoms with E-state index in [0.717, 1.165) is 0 Å². The van der Waals surface area contributed by atoms with Gasteiger partial charge in [0.1, 0.15) is 0 Å². The Morgan fingerprint density at radius 3 is 1.55 bits per heavy atom. The van der Waals surface area contributed by atoms with Crippen LogP contribution in [0.4, 0.5) is 0 Å². The summed E-state index contributed by atoms with van der Waals surface area (Å²) in [4.78, 5) is 0. The van der Waals surface area contributed by atoms with Gasteiger partial charge in [-0.25, -0.2) is 0 Å². The molecule has 0 aliphatic rings. The summed E-state index contributed by atoms with van der Waals surface area (Å²) in [6, 6.07) is 0. The zero-order valence-electron chi connectivity index (χ0n) is 9.03. The van der Waals surface area contributed by atoms with E-state index in [4.69, 9.17) is 0 Å². The van der Waals surface area contributed by atoms with Crippen LogP contribution in [0, 0.1) is 0 Å². The summed E-state index contributed by atoms with van der Waals surface area (Å²) < 4.78 is 0. The van der Waals surface area contributed by atoms with Crippen molar-refractivity contribution in [1.82, 2.24) is 0 Å². The summed E-state index contributed by atoms with van der Waals surface area (Å²) in [5, 5.41) is 11.4. The molecule has 0 unspecified atom stereocenters. The summed E-state index contributed by atoms with van der Waals surface area (Å²) in [5.74, 6) is 0. The second kappa shape index (κ2) is 11.2. The van der Waals surface area contributed by atoms with E-state index < -0.39 is 5.60 Å². The fraction of sp³-hybridized carbons (Fsp3) is 1.00. The van der Waals surface area contributed by atoms with Crippen molar-refractivity contribution < 1.29 is 24.0 Å². The fourth-order valence-electron chi connectivity index (χ4n) is 0.354. The molecule has 0 heterocycles. The van der Waals surface area contributed by atoms with Crippen LogP contribution in [0.5, 0.6) is 0 Å². The first kappa shape index (κ1) is 18.0. The van der Waals surface area contributed by atoms with Crippen molar-refractivity contribution in [2.45, 2.75) is 51.2 Å². The predicted octanol–water partition coefficient (Wildman–Crippen LogP) is -1.48. The minimum atomic E-state index is -0.750. The molecule has 0 aliphatic heterocycles. The molecule has 0 aromatic carbocycles. The Balaban J connectivity index is -0.000000107. The zero-order chi connectivity index (χ0) is 8.62. The molecule has 0 N–H and O–H groups in total. The van der Waals surface area contributed by atoms with E-state index in [9.17, 15) is 5.11 Å². The molecule has 0 spiro atoms. The zero-order valence-corrected chi connectivity index (χ0v) is 9.03. The van der Waals surface area contributed by atoms with Crippen LogP contribution in [0.25, 0.3) is 0 Å². The summed E-state index contributed by atoms with van der Waals surface area (Å²) in [6.07, 6.45) is 2.73.